The summed E-state index contributed by atoms with van der Waals surface area (Å²) in [5.41, 5.74) is 0. The van der Waals surface area contributed by atoms with Crippen LogP contribution in [0.1, 0.15) is 0 Å². The van der Waals surface area contributed by atoms with E-state index >= 15 is 0 Å². The highest BCUT2D eigenvalue weighted by molar-refractivity contribution is 6.30. The molecule has 0 bridgehead atoms. The molecule has 1 heterocycles. The molecular formula is C13H12ClN3O2. The molecule has 0 saturated heterocycles. The van der Waals surface area contributed by atoms with Crippen LogP contribution in [-0.4, -0.2) is 17.7 Å². The normalized spacial score (nSPS) is 9.74. The van der Waals surface area contributed by atoms with Crippen molar-refractivity contribution in [3.63, 3.8) is 0 Å². The number of hydrogen-bond donors (Lipinski definition) is 2. The van der Waals surface area contributed by atoms with Crippen molar-refractivity contribution in [2.24, 2.45) is 0 Å². The number of hydrogen-bond acceptors (Lipinski definition) is 3. The monoisotopic (exact) mass is 277 g/mol. The number of nitrogens with zero attached hydrogens (tertiary/aromatic N) is 1. The largest absolute Gasteiger partial charge is 0.473 e. The number of urea groups is 1. The highest BCUT2D eigenvalue weighted by Gasteiger charge is 2.02. The fraction of sp³-hybridized carbons (Fsp3) is 0.0769. The van der Waals surface area contributed by atoms with Crippen molar-refractivity contribution in [3.05, 3.63) is 53.7 Å². The third-order valence-corrected chi connectivity index (χ3v) is 2.41. The minimum absolute atomic E-state index is 0.0729. The van der Waals surface area contributed by atoms with E-state index in [2.05, 4.69) is 15.6 Å². The van der Waals surface area contributed by atoms with Crippen molar-refractivity contribution in [3.8, 4) is 5.75 Å². The van der Waals surface area contributed by atoms with Crippen LogP contribution >= 0.6 is 11.6 Å². The van der Waals surface area contributed by atoms with Gasteiger partial charge in [-0.05, 0) is 24.3 Å². The van der Waals surface area contributed by atoms with E-state index in [4.69, 9.17) is 16.3 Å². The lowest BCUT2D eigenvalue weighted by Crippen LogP contribution is -2.32. The Kier molecular flexibility index (Phi) is 4.58. The van der Waals surface area contributed by atoms with Gasteiger partial charge in [0.2, 0.25) is 0 Å². The molecule has 2 N–H and O–H groups in total. The van der Waals surface area contributed by atoms with Crippen molar-refractivity contribution < 1.29 is 9.53 Å². The number of benzene rings is 1. The predicted molar refractivity (Wildman–Crippen MR) is 73.3 cm³/mol. The molecule has 0 spiro atoms. The maximum absolute atomic E-state index is 11.5. The number of rotatable bonds is 4. The van der Waals surface area contributed by atoms with E-state index < -0.39 is 6.03 Å². The molecule has 2 aromatic rings. The number of carbonyl (C=O) groups is 1. The van der Waals surface area contributed by atoms with Crippen molar-refractivity contribution >= 4 is 23.4 Å². The van der Waals surface area contributed by atoms with Gasteiger partial charge in [0, 0.05) is 6.20 Å². The Morgan fingerprint density at radius 2 is 2.00 bits per heavy atom. The van der Waals surface area contributed by atoms with Crippen LogP contribution < -0.4 is 15.4 Å². The van der Waals surface area contributed by atoms with Gasteiger partial charge in [-0.3, -0.25) is 5.32 Å². The predicted octanol–water partition coefficient (Wildman–Crippen LogP) is 2.89. The van der Waals surface area contributed by atoms with Gasteiger partial charge < -0.3 is 10.1 Å². The second-order valence-corrected chi connectivity index (χ2v) is 4.03. The first-order chi connectivity index (χ1) is 9.24. The van der Waals surface area contributed by atoms with E-state index in [1.54, 1.807) is 24.3 Å². The fourth-order valence-corrected chi connectivity index (χ4v) is 1.42. The van der Waals surface area contributed by atoms with Crippen LogP contribution in [0.15, 0.2) is 48.7 Å². The first-order valence-electron chi connectivity index (χ1n) is 5.58. The summed E-state index contributed by atoms with van der Waals surface area (Å²) in [7, 11) is 0. The fourth-order valence-electron chi connectivity index (χ4n) is 1.31. The Bertz CT molecular complexity index is 531. The molecule has 2 amide bonds. The van der Waals surface area contributed by atoms with Gasteiger partial charge in [-0.25, -0.2) is 9.78 Å². The molecule has 0 aliphatic heterocycles. The lowest BCUT2D eigenvalue weighted by Gasteiger charge is -2.08. The van der Waals surface area contributed by atoms with Gasteiger partial charge in [-0.1, -0.05) is 29.8 Å². The van der Waals surface area contributed by atoms with Crippen LogP contribution in [0.2, 0.25) is 5.02 Å². The summed E-state index contributed by atoms with van der Waals surface area (Å²) in [5, 5.41) is 5.62. The average molecular weight is 278 g/mol. The van der Waals surface area contributed by atoms with Crippen molar-refractivity contribution in [1.82, 2.24) is 10.3 Å². The van der Waals surface area contributed by atoms with Crippen LogP contribution in [0.3, 0.4) is 0 Å². The Labute approximate surface area is 115 Å². The second-order valence-electron chi connectivity index (χ2n) is 3.59. The summed E-state index contributed by atoms with van der Waals surface area (Å²) in [6, 6.07) is 12.1. The zero-order chi connectivity index (χ0) is 13.5. The summed E-state index contributed by atoms with van der Waals surface area (Å²) < 4.78 is 5.32. The van der Waals surface area contributed by atoms with Crippen LogP contribution in [0.4, 0.5) is 10.6 Å². The highest BCUT2D eigenvalue weighted by Crippen LogP contribution is 2.09. The summed E-state index contributed by atoms with van der Waals surface area (Å²) in [5.74, 6) is 1.11. The summed E-state index contributed by atoms with van der Waals surface area (Å²) in [6.07, 6.45) is 1.46. The maximum atomic E-state index is 11.5. The minimum Gasteiger partial charge on any atom is -0.473 e. The molecule has 0 aliphatic carbocycles. The number of amides is 2. The molecule has 0 aliphatic rings. The molecule has 6 heteroatoms. The molecule has 2 rings (SSSR count). The zero-order valence-electron chi connectivity index (χ0n) is 9.97. The topological polar surface area (TPSA) is 63.2 Å². The van der Waals surface area contributed by atoms with Gasteiger partial charge in [0.05, 0.1) is 5.02 Å². The summed E-state index contributed by atoms with van der Waals surface area (Å²) >= 11 is 5.69. The average Bonchev–Trinajstić information content (AvgIpc) is 2.43. The molecular weight excluding hydrogens is 266 g/mol. The van der Waals surface area contributed by atoms with E-state index in [1.807, 2.05) is 18.2 Å². The smallest absolute Gasteiger partial charge is 0.323 e. The van der Waals surface area contributed by atoms with E-state index in [9.17, 15) is 4.79 Å². The third-order valence-electron chi connectivity index (χ3n) is 2.18. The van der Waals surface area contributed by atoms with Crippen molar-refractivity contribution in [2.75, 3.05) is 12.0 Å². The molecule has 0 radical (unpaired) electrons. The lowest BCUT2D eigenvalue weighted by atomic mass is 10.3. The van der Waals surface area contributed by atoms with E-state index in [0.29, 0.717) is 16.6 Å². The molecule has 0 fully saturated rings. The Balaban J connectivity index is 1.74. The molecule has 1 aromatic carbocycles. The highest BCUT2D eigenvalue weighted by atomic mass is 35.5. The molecule has 1 aromatic heterocycles. The SMILES string of the molecule is O=C(NCOc1ccccc1)Nc1ccc(Cl)cn1. The van der Waals surface area contributed by atoms with Crippen molar-refractivity contribution in [1.29, 1.82) is 0 Å². The minimum atomic E-state index is -0.397. The number of anilines is 1. The number of ether oxygens (including phenoxy) is 1. The van der Waals surface area contributed by atoms with Gasteiger partial charge in [-0.15, -0.1) is 0 Å². The number of aromatic nitrogens is 1. The zero-order valence-corrected chi connectivity index (χ0v) is 10.7. The molecule has 0 saturated carbocycles. The molecule has 0 atom stereocenters. The summed E-state index contributed by atoms with van der Waals surface area (Å²) in [6.45, 7) is 0.0729. The van der Waals surface area contributed by atoms with Gasteiger partial charge in [0.25, 0.3) is 0 Å². The quantitative estimate of drug-likeness (QED) is 0.845. The van der Waals surface area contributed by atoms with Crippen LogP contribution in [0.25, 0.3) is 0 Å². The van der Waals surface area contributed by atoms with E-state index in [-0.39, 0.29) is 6.73 Å². The first kappa shape index (κ1) is 13.2. The van der Waals surface area contributed by atoms with Gasteiger partial charge in [0.15, 0.2) is 6.73 Å². The molecule has 19 heavy (non-hydrogen) atoms. The van der Waals surface area contributed by atoms with Crippen molar-refractivity contribution in [2.45, 2.75) is 0 Å². The number of pyridine rings is 1. The van der Waals surface area contributed by atoms with E-state index in [1.165, 1.54) is 6.20 Å². The molecule has 98 valence electrons. The first-order valence-corrected chi connectivity index (χ1v) is 5.96. The Morgan fingerprint density at radius 1 is 1.21 bits per heavy atom. The third kappa shape index (κ3) is 4.48. The van der Waals surface area contributed by atoms with E-state index in [0.717, 1.165) is 0 Å². The Hall–Kier alpha value is -2.27. The van der Waals surface area contributed by atoms with Gasteiger partial charge in [0.1, 0.15) is 11.6 Å². The van der Waals surface area contributed by atoms with Gasteiger partial charge >= 0.3 is 6.03 Å². The van der Waals surface area contributed by atoms with Crippen LogP contribution in [-0.2, 0) is 0 Å². The van der Waals surface area contributed by atoms with Crippen LogP contribution in [0.5, 0.6) is 5.75 Å². The number of para-hydroxylation sites is 1. The molecule has 5 nitrogen and oxygen atoms in total. The van der Waals surface area contributed by atoms with Gasteiger partial charge in [-0.2, -0.15) is 0 Å². The number of carbonyl (C=O) groups excluding carboxylic acids is 1. The standard InChI is InChI=1S/C13H12ClN3O2/c14-10-6-7-12(15-8-10)17-13(18)16-9-19-11-4-2-1-3-5-11/h1-8H,9H2,(H2,15,16,17,18). The molecule has 0 unspecified atom stereocenters. The van der Waals surface area contributed by atoms with Crippen LogP contribution in [0, 0.1) is 0 Å². The summed E-state index contributed by atoms with van der Waals surface area (Å²) in [4.78, 5) is 15.5. The second kappa shape index (κ2) is 6.61. The lowest BCUT2D eigenvalue weighted by molar-refractivity contribution is 0.234. The maximum Gasteiger partial charge on any atom is 0.323 e. The number of halogens is 1. The number of nitrogens with one attached hydrogen (secondary N) is 2. The Morgan fingerprint density at radius 3 is 2.68 bits per heavy atom.